The molecule has 0 aliphatic rings. The molecule has 0 bridgehead atoms. The van der Waals surface area contributed by atoms with Crippen molar-refractivity contribution >= 4 is 38.4 Å². The molecule has 1 heterocycles. The van der Waals surface area contributed by atoms with E-state index < -0.39 is 0 Å². The van der Waals surface area contributed by atoms with Crippen molar-refractivity contribution in [3.05, 3.63) is 58.6 Å². The number of nitrogens with one attached hydrogen (secondary N) is 1. The first-order chi connectivity index (χ1) is 10.6. The average Bonchev–Trinajstić information content (AvgIpc) is 2.83. The van der Waals surface area contributed by atoms with Crippen LogP contribution < -0.4 is 0 Å². The normalized spacial score (nSPS) is 11.3. The molecular formula is C16H12BrN3O2. The molecule has 0 aliphatic carbocycles. The highest BCUT2D eigenvalue weighted by molar-refractivity contribution is 9.10. The van der Waals surface area contributed by atoms with Gasteiger partial charge in [-0.05, 0) is 23.8 Å². The predicted octanol–water partition coefficient (Wildman–Crippen LogP) is 4.49. The van der Waals surface area contributed by atoms with Gasteiger partial charge in [0.15, 0.2) is 5.69 Å². The highest BCUT2D eigenvalue weighted by Crippen LogP contribution is 2.35. The maximum absolute atomic E-state index is 11.9. The van der Waals surface area contributed by atoms with E-state index in [4.69, 9.17) is 0 Å². The van der Waals surface area contributed by atoms with Gasteiger partial charge in [0.1, 0.15) is 0 Å². The van der Waals surface area contributed by atoms with Crippen LogP contribution >= 0.6 is 15.9 Å². The van der Waals surface area contributed by atoms with Crippen molar-refractivity contribution in [2.24, 2.45) is 10.2 Å². The van der Waals surface area contributed by atoms with E-state index in [0.717, 1.165) is 20.9 Å². The summed E-state index contributed by atoms with van der Waals surface area (Å²) in [6, 6.07) is 14.7. The highest BCUT2D eigenvalue weighted by Gasteiger charge is 2.10. The highest BCUT2D eigenvalue weighted by atomic mass is 79.9. The molecule has 3 aromatic rings. The van der Waals surface area contributed by atoms with Gasteiger partial charge in [0.2, 0.25) is 5.88 Å². The Hall–Kier alpha value is -2.47. The minimum Gasteiger partial charge on any atom is -0.493 e. The summed E-state index contributed by atoms with van der Waals surface area (Å²) in [7, 11) is 0. The zero-order valence-electron chi connectivity index (χ0n) is 11.5. The van der Waals surface area contributed by atoms with E-state index in [0.29, 0.717) is 0 Å². The van der Waals surface area contributed by atoms with Crippen molar-refractivity contribution in [1.29, 1.82) is 0 Å². The van der Waals surface area contributed by atoms with E-state index in [1.807, 2.05) is 42.5 Å². The standard InChI is InChI=1S/C16H12BrN3O2/c17-11-7-5-10(6-8-11)9-14(21)19-20-15-12-3-1-2-4-13(12)18-16(15)22/h1-8,18,22H,9H2. The summed E-state index contributed by atoms with van der Waals surface area (Å²) < 4.78 is 0.953. The van der Waals surface area contributed by atoms with E-state index >= 15 is 0 Å². The number of halogens is 1. The summed E-state index contributed by atoms with van der Waals surface area (Å²) in [4.78, 5) is 14.7. The van der Waals surface area contributed by atoms with Crippen LogP contribution in [0.1, 0.15) is 5.56 Å². The lowest BCUT2D eigenvalue weighted by Crippen LogP contribution is -1.97. The van der Waals surface area contributed by atoms with E-state index in [2.05, 4.69) is 31.1 Å². The number of para-hydroxylation sites is 1. The van der Waals surface area contributed by atoms with Crippen LogP contribution in [0.4, 0.5) is 5.69 Å². The summed E-state index contributed by atoms with van der Waals surface area (Å²) >= 11 is 3.34. The largest absolute Gasteiger partial charge is 0.493 e. The summed E-state index contributed by atoms with van der Waals surface area (Å²) in [6.07, 6.45) is 0.167. The Kier molecular flexibility index (Phi) is 4.02. The van der Waals surface area contributed by atoms with Crippen molar-refractivity contribution in [3.8, 4) is 5.88 Å². The van der Waals surface area contributed by atoms with E-state index in [9.17, 15) is 9.90 Å². The zero-order chi connectivity index (χ0) is 15.5. The fourth-order valence-corrected chi connectivity index (χ4v) is 2.40. The van der Waals surface area contributed by atoms with Gasteiger partial charge >= 0.3 is 0 Å². The number of benzene rings is 2. The third-order valence-electron chi connectivity index (χ3n) is 3.19. The number of aromatic nitrogens is 1. The van der Waals surface area contributed by atoms with Crippen molar-refractivity contribution in [3.63, 3.8) is 0 Å². The van der Waals surface area contributed by atoms with Crippen molar-refractivity contribution in [2.45, 2.75) is 6.42 Å². The van der Waals surface area contributed by atoms with Crippen LogP contribution in [0.2, 0.25) is 0 Å². The molecule has 3 rings (SSSR count). The number of carbonyl (C=O) groups is 1. The lowest BCUT2D eigenvalue weighted by molar-refractivity contribution is -0.117. The molecule has 0 spiro atoms. The molecule has 0 saturated heterocycles. The molecule has 0 unspecified atom stereocenters. The van der Waals surface area contributed by atoms with E-state index in [1.165, 1.54) is 0 Å². The number of nitrogens with zero attached hydrogens (tertiary/aromatic N) is 2. The van der Waals surface area contributed by atoms with Gasteiger partial charge in [0.25, 0.3) is 5.91 Å². The molecule has 6 heteroatoms. The molecule has 1 aromatic heterocycles. The fraction of sp³-hybridized carbons (Fsp3) is 0.0625. The molecule has 2 aromatic carbocycles. The minimum absolute atomic E-state index is 0.0959. The first-order valence-electron chi connectivity index (χ1n) is 6.62. The number of amides is 1. The van der Waals surface area contributed by atoms with Gasteiger partial charge in [-0.3, -0.25) is 4.79 Å². The quantitative estimate of drug-likeness (QED) is 0.677. The van der Waals surface area contributed by atoms with Crippen LogP contribution in [0.25, 0.3) is 10.9 Å². The number of H-pyrrole nitrogens is 1. The van der Waals surface area contributed by atoms with Crippen LogP contribution in [-0.2, 0) is 11.2 Å². The molecular weight excluding hydrogens is 346 g/mol. The maximum atomic E-state index is 11.9. The number of hydrogen-bond acceptors (Lipinski definition) is 3. The van der Waals surface area contributed by atoms with Crippen LogP contribution in [0.5, 0.6) is 5.88 Å². The van der Waals surface area contributed by atoms with E-state index in [-0.39, 0.29) is 23.9 Å². The van der Waals surface area contributed by atoms with Gasteiger partial charge in [-0.25, -0.2) is 0 Å². The van der Waals surface area contributed by atoms with Crippen molar-refractivity contribution in [2.75, 3.05) is 0 Å². The Balaban J connectivity index is 1.79. The van der Waals surface area contributed by atoms with Crippen LogP contribution in [0.3, 0.4) is 0 Å². The number of hydrogen-bond donors (Lipinski definition) is 2. The van der Waals surface area contributed by atoms with Gasteiger partial charge in [-0.2, -0.15) is 0 Å². The number of carbonyl (C=O) groups excluding carboxylic acids is 1. The molecule has 1 amide bonds. The second-order valence-electron chi connectivity index (χ2n) is 4.76. The smallest absolute Gasteiger partial charge is 0.269 e. The number of rotatable bonds is 3. The fourth-order valence-electron chi connectivity index (χ4n) is 2.13. The second-order valence-corrected chi connectivity index (χ2v) is 5.68. The van der Waals surface area contributed by atoms with Crippen molar-refractivity contribution < 1.29 is 9.90 Å². The Labute approximate surface area is 134 Å². The molecule has 0 radical (unpaired) electrons. The number of aromatic amines is 1. The van der Waals surface area contributed by atoms with Gasteiger partial charge in [0, 0.05) is 9.86 Å². The summed E-state index contributed by atoms with van der Waals surface area (Å²) in [6.45, 7) is 0. The molecule has 110 valence electrons. The Morgan fingerprint density at radius 2 is 1.86 bits per heavy atom. The SMILES string of the molecule is O=C(Cc1ccc(Br)cc1)N=Nc1c(O)[nH]c2ccccc12. The van der Waals surface area contributed by atoms with Gasteiger partial charge < -0.3 is 10.1 Å². The van der Waals surface area contributed by atoms with Gasteiger partial charge in [-0.15, -0.1) is 10.2 Å². The molecule has 2 N–H and O–H groups in total. The van der Waals surface area contributed by atoms with Crippen LogP contribution in [0.15, 0.2) is 63.2 Å². The Morgan fingerprint density at radius 1 is 1.14 bits per heavy atom. The average molecular weight is 358 g/mol. The monoisotopic (exact) mass is 357 g/mol. The van der Waals surface area contributed by atoms with Crippen LogP contribution in [0, 0.1) is 0 Å². The predicted molar refractivity (Wildman–Crippen MR) is 87.3 cm³/mol. The van der Waals surface area contributed by atoms with Gasteiger partial charge in [0.05, 0.1) is 11.9 Å². The molecule has 5 nitrogen and oxygen atoms in total. The van der Waals surface area contributed by atoms with E-state index in [1.54, 1.807) is 6.07 Å². The zero-order valence-corrected chi connectivity index (χ0v) is 13.0. The lowest BCUT2D eigenvalue weighted by Gasteiger charge is -1.97. The number of azo groups is 1. The third-order valence-corrected chi connectivity index (χ3v) is 3.72. The Bertz CT molecular complexity index is 853. The number of fused-ring (bicyclic) bond motifs is 1. The molecule has 0 aliphatic heterocycles. The minimum atomic E-state index is -0.369. The maximum Gasteiger partial charge on any atom is 0.269 e. The second kappa shape index (κ2) is 6.11. The lowest BCUT2D eigenvalue weighted by atomic mass is 10.1. The van der Waals surface area contributed by atoms with Crippen LogP contribution in [-0.4, -0.2) is 16.0 Å². The molecule has 22 heavy (non-hydrogen) atoms. The summed E-state index contributed by atoms with van der Waals surface area (Å²) in [5, 5.41) is 18.1. The van der Waals surface area contributed by atoms with Crippen molar-refractivity contribution in [1.82, 2.24) is 4.98 Å². The number of aromatic hydroxyl groups is 1. The molecule has 0 atom stereocenters. The topological polar surface area (TPSA) is 77.8 Å². The first-order valence-corrected chi connectivity index (χ1v) is 7.41. The Morgan fingerprint density at radius 3 is 2.64 bits per heavy atom. The summed E-state index contributed by atoms with van der Waals surface area (Å²) in [5.74, 6) is -0.464. The molecule has 0 fully saturated rings. The third kappa shape index (κ3) is 3.07. The molecule has 0 saturated carbocycles. The van der Waals surface area contributed by atoms with Gasteiger partial charge in [-0.1, -0.05) is 46.3 Å². The first kappa shape index (κ1) is 14.5. The summed E-state index contributed by atoms with van der Waals surface area (Å²) in [5.41, 5.74) is 1.88.